The molecule has 0 bridgehead atoms. The van der Waals surface area contributed by atoms with Gasteiger partial charge in [-0.1, -0.05) is 44.2 Å². The number of para-hydroxylation sites is 2. The van der Waals surface area contributed by atoms with E-state index in [1.54, 1.807) is 0 Å². The van der Waals surface area contributed by atoms with Crippen LogP contribution in [0.1, 0.15) is 32.3 Å². The van der Waals surface area contributed by atoms with E-state index >= 15 is 0 Å². The SMILES string of the molecule is CCCN(CC(=O)Nc1ccccc1C)CC(=O)N1CCC(C)Sc2ccccc21. The zero-order valence-electron chi connectivity index (χ0n) is 18.1. The average Bonchev–Trinajstić information content (AvgIpc) is 2.88. The molecule has 30 heavy (non-hydrogen) atoms. The molecule has 0 aliphatic carbocycles. The van der Waals surface area contributed by atoms with Gasteiger partial charge in [-0.3, -0.25) is 14.5 Å². The van der Waals surface area contributed by atoms with Crippen LogP contribution in [0.4, 0.5) is 11.4 Å². The number of amides is 2. The Balaban J connectivity index is 1.68. The number of benzene rings is 2. The van der Waals surface area contributed by atoms with Gasteiger partial charge in [-0.15, -0.1) is 11.8 Å². The van der Waals surface area contributed by atoms with Gasteiger partial charge in [0.25, 0.3) is 0 Å². The predicted molar refractivity (Wildman–Crippen MR) is 125 cm³/mol. The van der Waals surface area contributed by atoms with Gasteiger partial charge in [0.15, 0.2) is 0 Å². The first-order chi connectivity index (χ1) is 14.5. The third-order valence-electron chi connectivity index (χ3n) is 5.23. The number of carbonyl (C=O) groups is 2. The van der Waals surface area contributed by atoms with E-state index in [1.165, 1.54) is 0 Å². The maximum atomic E-state index is 13.2. The molecule has 1 atom stereocenters. The Kier molecular flexibility index (Phi) is 7.94. The number of nitrogens with zero attached hydrogens (tertiary/aromatic N) is 2. The highest BCUT2D eigenvalue weighted by Gasteiger charge is 2.25. The molecule has 0 saturated carbocycles. The standard InChI is InChI=1S/C24H31N3O2S/c1-4-14-26(16-23(28)25-20-10-6-5-9-18(20)2)17-24(29)27-15-13-19(3)30-22-12-8-7-11-21(22)27/h5-12,19H,4,13-17H2,1-3H3,(H,25,28). The van der Waals surface area contributed by atoms with Crippen LogP contribution in [-0.4, -0.2) is 48.1 Å². The fraction of sp³-hybridized carbons (Fsp3) is 0.417. The van der Waals surface area contributed by atoms with Crippen molar-refractivity contribution in [1.82, 2.24) is 4.90 Å². The smallest absolute Gasteiger partial charge is 0.241 e. The fourth-order valence-electron chi connectivity index (χ4n) is 3.66. The summed E-state index contributed by atoms with van der Waals surface area (Å²) in [6.45, 7) is 8.09. The Morgan fingerprint density at radius 2 is 1.87 bits per heavy atom. The minimum absolute atomic E-state index is 0.0503. The lowest BCUT2D eigenvalue weighted by Crippen LogP contribution is -2.44. The van der Waals surface area contributed by atoms with E-state index in [-0.39, 0.29) is 24.9 Å². The third-order valence-corrected chi connectivity index (χ3v) is 6.47. The minimum atomic E-state index is -0.0917. The molecule has 0 fully saturated rings. The summed E-state index contributed by atoms with van der Waals surface area (Å²) in [5, 5.41) is 3.44. The number of thioether (sulfide) groups is 1. The van der Waals surface area contributed by atoms with E-state index in [2.05, 4.69) is 25.2 Å². The van der Waals surface area contributed by atoms with Crippen LogP contribution in [0, 0.1) is 6.92 Å². The molecular formula is C24H31N3O2S. The molecule has 3 rings (SSSR count). The summed E-state index contributed by atoms with van der Waals surface area (Å²) in [5.74, 6) is -0.0414. The van der Waals surface area contributed by atoms with Crippen molar-refractivity contribution in [2.75, 3.05) is 36.4 Å². The summed E-state index contributed by atoms with van der Waals surface area (Å²) in [6.07, 6.45) is 1.83. The molecule has 5 nitrogen and oxygen atoms in total. The number of fused-ring (bicyclic) bond motifs is 1. The molecule has 160 valence electrons. The second kappa shape index (κ2) is 10.6. The Morgan fingerprint density at radius 3 is 2.63 bits per heavy atom. The van der Waals surface area contributed by atoms with Crippen molar-refractivity contribution in [1.29, 1.82) is 0 Å². The van der Waals surface area contributed by atoms with Crippen LogP contribution in [0.2, 0.25) is 0 Å². The van der Waals surface area contributed by atoms with Crippen molar-refractivity contribution in [3.8, 4) is 0 Å². The van der Waals surface area contributed by atoms with Crippen molar-refractivity contribution in [2.24, 2.45) is 0 Å². The second-order valence-corrected chi connectivity index (χ2v) is 9.28. The van der Waals surface area contributed by atoms with Gasteiger partial charge in [0.2, 0.25) is 11.8 Å². The molecule has 2 aromatic rings. The van der Waals surface area contributed by atoms with E-state index < -0.39 is 0 Å². The van der Waals surface area contributed by atoms with Crippen molar-refractivity contribution in [2.45, 2.75) is 43.8 Å². The summed E-state index contributed by atoms with van der Waals surface area (Å²) in [6, 6.07) is 15.8. The van der Waals surface area contributed by atoms with Crippen LogP contribution in [0.3, 0.4) is 0 Å². The van der Waals surface area contributed by atoms with Crippen LogP contribution in [0.25, 0.3) is 0 Å². The van der Waals surface area contributed by atoms with Gasteiger partial charge in [-0.05, 0) is 50.1 Å². The first-order valence-electron chi connectivity index (χ1n) is 10.6. The van der Waals surface area contributed by atoms with Gasteiger partial charge in [-0.2, -0.15) is 0 Å². The highest BCUT2D eigenvalue weighted by molar-refractivity contribution is 8.00. The summed E-state index contributed by atoms with van der Waals surface area (Å²) in [7, 11) is 0. The van der Waals surface area contributed by atoms with Gasteiger partial charge in [-0.25, -0.2) is 0 Å². The molecule has 1 aliphatic heterocycles. The Bertz CT molecular complexity index is 886. The maximum Gasteiger partial charge on any atom is 0.241 e. The zero-order chi connectivity index (χ0) is 21.5. The van der Waals surface area contributed by atoms with E-state index in [9.17, 15) is 9.59 Å². The normalized spacial score (nSPS) is 16.1. The van der Waals surface area contributed by atoms with Gasteiger partial charge in [0.05, 0.1) is 18.8 Å². The molecule has 1 unspecified atom stereocenters. The van der Waals surface area contributed by atoms with Crippen molar-refractivity contribution in [3.63, 3.8) is 0 Å². The number of aryl methyl sites for hydroxylation is 1. The molecule has 0 spiro atoms. The minimum Gasteiger partial charge on any atom is -0.325 e. The molecule has 1 N–H and O–H groups in total. The van der Waals surface area contributed by atoms with Gasteiger partial charge in [0.1, 0.15) is 0 Å². The molecule has 0 radical (unpaired) electrons. The molecular weight excluding hydrogens is 394 g/mol. The van der Waals surface area contributed by atoms with Crippen LogP contribution in [0.15, 0.2) is 53.4 Å². The molecule has 0 saturated heterocycles. The Labute approximate surface area is 183 Å². The van der Waals surface area contributed by atoms with Crippen molar-refractivity contribution in [3.05, 3.63) is 54.1 Å². The monoisotopic (exact) mass is 425 g/mol. The maximum absolute atomic E-state index is 13.2. The number of hydrogen-bond donors (Lipinski definition) is 1. The zero-order valence-corrected chi connectivity index (χ0v) is 18.9. The highest BCUT2D eigenvalue weighted by atomic mass is 32.2. The fourth-order valence-corrected chi connectivity index (χ4v) is 4.77. The molecule has 2 amide bonds. The lowest BCUT2D eigenvalue weighted by atomic mass is 10.2. The summed E-state index contributed by atoms with van der Waals surface area (Å²) < 4.78 is 0. The Morgan fingerprint density at radius 1 is 1.13 bits per heavy atom. The summed E-state index contributed by atoms with van der Waals surface area (Å²) >= 11 is 1.82. The van der Waals surface area contributed by atoms with E-state index in [4.69, 9.17) is 0 Å². The van der Waals surface area contributed by atoms with Gasteiger partial charge >= 0.3 is 0 Å². The second-order valence-electron chi connectivity index (χ2n) is 7.80. The van der Waals surface area contributed by atoms with Crippen molar-refractivity contribution < 1.29 is 9.59 Å². The predicted octanol–water partition coefficient (Wildman–Crippen LogP) is 4.56. The lowest BCUT2D eigenvalue weighted by molar-refractivity contribution is -0.121. The number of nitrogens with one attached hydrogen (secondary N) is 1. The number of carbonyl (C=O) groups excluding carboxylic acids is 2. The number of rotatable bonds is 7. The summed E-state index contributed by atoms with van der Waals surface area (Å²) in [5.41, 5.74) is 2.83. The lowest BCUT2D eigenvalue weighted by Gasteiger charge is -2.27. The van der Waals surface area contributed by atoms with E-state index in [0.717, 1.165) is 34.7 Å². The molecule has 6 heteroatoms. The quantitative estimate of drug-likeness (QED) is 0.706. The van der Waals surface area contributed by atoms with Crippen LogP contribution >= 0.6 is 11.8 Å². The van der Waals surface area contributed by atoms with E-state index in [1.807, 2.05) is 71.0 Å². The van der Waals surface area contributed by atoms with Crippen molar-refractivity contribution >= 4 is 35.0 Å². The molecule has 1 aliphatic rings. The van der Waals surface area contributed by atoms with Crippen LogP contribution < -0.4 is 10.2 Å². The largest absolute Gasteiger partial charge is 0.325 e. The van der Waals surface area contributed by atoms with E-state index in [0.29, 0.717) is 18.3 Å². The average molecular weight is 426 g/mol. The highest BCUT2D eigenvalue weighted by Crippen LogP contribution is 2.37. The van der Waals surface area contributed by atoms with Gasteiger partial charge < -0.3 is 10.2 Å². The topological polar surface area (TPSA) is 52.7 Å². The first kappa shape index (κ1) is 22.4. The molecule has 0 aromatic heterocycles. The van der Waals surface area contributed by atoms with Crippen LogP contribution in [0.5, 0.6) is 0 Å². The Hall–Kier alpha value is -2.31. The first-order valence-corrected chi connectivity index (χ1v) is 11.5. The molecule has 1 heterocycles. The number of hydrogen-bond acceptors (Lipinski definition) is 4. The number of anilines is 2. The van der Waals surface area contributed by atoms with Crippen LogP contribution in [-0.2, 0) is 9.59 Å². The summed E-state index contributed by atoms with van der Waals surface area (Å²) in [4.78, 5) is 30.9. The van der Waals surface area contributed by atoms with Gasteiger partial charge in [0, 0.05) is 22.4 Å². The third kappa shape index (κ3) is 5.86. The molecule has 2 aromatic carbocycles.